The minimum absolute atomic E-state index is 0. The van der Waals surface area contributed by atoms with Gasteiger partial charge in [-0.05, 0) is 0 Å². The molecule has 1 aromatic rings. The van der Waals surface area contributed by atoms with Gasteiger partial charge in [0, 0.05) is 6.07 Å². The topological polar surface area (TPSA) is 37.3 Å². The second-order valence-electron chi connectivity index (χ2n) is 2.15. The number of aromatic carboxylic acids is 1. The first-order valence-electron chi connectivity index (χ1n) is 3.01. The molecule has 72 valence electrons. The Morgan fingerprint density at radius 1 is 1.07 bits per heavy atom. The second-order valence-corrected chi connectivity index (χ2v) is 2.15. The summed E-state index contributed by atoms with van der Waals surface area (Å²) in [5.41, 5.74) is -1.63. The average molecular weight is 234 g/mol. The predicted molar refractivity (Wildman–Crippen MR) is 40.4 cm³/mol. The van der Waals surface area contributed by atoms with Crippen molar-refractivity contribution in [3.05, 3.63) is 34.9 Å². The van der Waals surface area contributed by atoms with E-state index >= 15 is 0 Å². The van der Waals surface area contributed by atoms with E-state index in [-0.39, 0.29) is 57.5 Å². The molecule has 0 spiro atoms. The maximum atomic E-state index is 12.5. The van der Waals surface area contributed by atoms with Crippen LogP contribution in [0.25, 0.3) is 0 Å². The molecule has 0 aliphatic carbocycles. The van der Waals surface area contributed by atoms with Crippen LogP contribution in [-0.2, 0) is 0 Å². The van der Waals surface area contributed by atoms with Crippen LogP contribution in [0.1, 0.15) is 10.4 Å². The molecule has 14 heavy (non-hydrogen) atoms. The van der Waals surface area contributed by atoms with Gasteiger partial charge in [-0.15, -0.1) is 0 Å². The second kappa shape index (κ2) is 5.22. The number of hydrogen-bond donors (Lipinski definition) is 1. The molecule has 0 amide bonds. The molecule has 7 heteroatoms. The molecule has 1 N–H and O–H groups in total. The predicted octanol–water partition coefficient (Wildman–Crippen LogP) is 1.29. The third-order valence-corrected chi connectivity index (χ3v) is 1.33. The summed E-state index contributed by atoms with van der Waals surface area (Å²) in [6.45, 7) is 0. The van der Waals surface area contributed by atoms with Gasteiger partial charge in [-0.25, -0.2) is 22.4 Å². The van der Waals surface area contributed by atoms with Gasteiger partial charge in [-0.2, -0.15) is 0 Å². The first-order chi connectivity index (χ1) is 5.95. The Morgan fingerprint density at radius 2 is 1.43 bits per heavy atom. The van der Waals surface area contributed by atoms with Gasteiger partial charge < -0.3 is 5.11 Å². The number of halogens is 4. The van der Waals surface area contributed by atoms with E-state index in [2.05, 4.69) is 0 Å². The first kappa shape index (κ1) is 14.0. The molecule has 0 aliphatic heterocycles. The Hall–Kier alpha value is 0.0464. The summed E-state index contributed by atoms with van der Waals surface area (Å²) in [6.07, 6.45) is 0. The van der Waals surface area contributed by atoms with Crippen molar-refractivity contribution >= 4 is 57.4 Å². The summed E-state index contributed by atoms with van der Waals surface area (Å²) < 4.78 is 49.7. The Kier molecular flexibility index (Phi) is 5.24. The maximum absolute atomic E-state index is 12.5. The summed E-state index contributed by atoms with van der Waals surface area (Å²) in [5, 5.41) is 8.18. The average Bonchev–Trinajstić information content (AvgIpc) is 2.01. The van der Waals surface area contributed by atoms with E-state index < -0.39 is 34.8 Å². The summed E-state index contributed by atoms with van der Waals surface area (Å²) in [7, 11) is 0. The van der Waals surface area contributed by atoms with Crippen molar-refractivity contribution in [1.29, 1.82) is 0 Å². The fourth-order valence-electron chi connectivity index (χ4n) is 0.761. The quantitative estimate of drug-likeness (QED) is 0.451. The van der Waals surface area contributed by atoms with Crippen LogP contribution in [0, 0.1) is 23.3 Å². The Labute approximate surface area is 118 Å². The zero-order chi connectivity index (χ0) is 10.2. The Balaban J connectivity index is 0.00000169. The summed E-state index contributed by atoms with van der Waals surface area (Å²) in [6, 6.07) is -0.0584. The molecule has 0 unspecified atom stereocenters. The van der Waals surface area contributed by atoms with Gasteiger partial charge >= 0.3 is 57.4 Å². The zero-order valence-corrected chi connectivity index (χ0v) is 5.94. The molecule has 0 atom stereocenters. The standard InChI is InChI=1S/C7H2F4O2.K.H/c8-2-1-3(9)6(11)4(5(2)10)7(12)13;;/h1H,(H,12,13);;. The molecule has 2 nitrogen and oxygen atoms in total. The Bertz CT molecular complexity index is 354. The van der Waals surface area contributed by atoms with Gasteiger partial charge in [0.05, 0.1) is 0 Å². The van der Waals surface area contributed by atoms with Crippen molar-refractivity contribution in [3.63, 3.8) is 0 Å². The van der Waals surface area contributed by atoms with Crippen LogP contribution in [0.15, 0.2) is 6.07 Å². The summed E-state index contributed by atoms with van der Waals surface area (Å²) in [5.74, 6) is -9.36. The van der Waals surface area contributed by atoms with Crippen LogP contribution in [0.4, 0.5) is 17.6 Å². The summed E-state index contributed by atoms with van der Waals surface area (Å²) in [4.78, 5) is 10.1. The van der Waals surface area contributed by atoms with Crippen LogP contribution in [0.3, 0.4) is 0 Å². The molecule has 0 saturated heterocycles. The van der Waals surface area contributed by atoms with Crippen molar-refractivity contribution < 1.29 is 27.5 Å². The van der Waals surface area contributed by atoms with Gasteiger partial charge in [-0.1, -0.05) is 0 Å². The van der Waals surface area contributed by atoms with Gasteiger partial charge in [0.2, 0.25) is 0 Å². The van der Waals surface area contributed by atoms with Crippen molar-refractivity contribution in [1.82, 2.24) is 0 Å². The third-order valence-electron chi connectivity index (χ3n) is 1.33. The molecule has 0 fully saturated rings. The van der Waals surface area contributed by atoms with Crippen LogP contribution in [0.5, 0.6) is 0 Å². The molecule has 0 heterocycles. The van der Waals surface area contributed by atoms with Crippen molar-refractivity contribution in [2.45, 2.75) is 0 Å². The van der Waals surface area contributed by atoms with E-state index in [1.807, 2.05) is 0 Å². The molecular formula is C7H3F4KO2. The zero-order valence-electron chi connectivity index (χ0n) is 5.94. The number of carboxylic acid groups (broad SMARTS) is 1. The molecule has 0 saturated carbocycles. The fraction of sp³-hybridized carbons (Fsp3) is 0. The SMILES string of the molecule is O=C(O)c1c(F)c(F)cc(F)c1F.[KH]. The van der Waals surface area contributed by atoms with E-state index in [1.165, 1.54) is 0 Å². The third kappa shape index (κ3) is 2.54. The van der Waals surface area contributed by atoms with Crippen LogP contribution < -0.4 is 0 Å². The van der Waals surface area contributed by atoms with Gasteiger partial charge in [0.1, 0.15) is 5.56 Å². The van der Waals surface area contributed by atoms with E-state index in [0.717, 1.165) is 0 Å². The van der Waals surface area contributed by atoms with Crippen molar-refractivity contribution in [3.8, 4) is 0 Å². The van der Waals surface area contributed by atoms with Crippen LogP contribution >= 0.6 is 0 Å². The van der Waals surface area contributed by atoms with Gasteiger partial charge in [0.15, 0.2) is 23.3 Å². The Morgan fingerprint density at radius 3 is 1.71 bits per heavy atom. The van der Waals surface area contributed by atoms with Crippen molar-refractivity contribution in [2.24, 2.45) is 0 Å². The molecule has 1 rings (SSSR count). The van der Waals surface area contributed by atoms with E-state index in [1.54, 1.807) is 0 Å². The fourth-order valence-corrected chi connectivity index (χ4v) is 0.761. The van der Waals surface area contributed by atoms with E-state index in [4.69, 9.17) is 5.11 Å². The molecule has 0 radical (unpaired) electrons. The van der Waals surface area contributed by atoms with Crippen LogP contribution in [-0.4, -0.2) is 62.5 Å². The van der Waals surface area contributed by atoms with E-state index in [9.17, 15) is 22.4 Å². The molecular weight excluding hydrogens is 231 g/mol. The molecule has 0 bridgehead atoms. The van der Waals surface area contributed by atoms with E-state index in [0.29, 0.717) is 0 Å². The monoisotopic (exact) mass is 234 g/mol. The number of benzene rings is 1. The normalized spacial score (nSPS) is 9.43. The number of carboxylic acids is 1. The molecule has 1 aromatic carbocycles. The number of rotatable bonds is 1. The number of hydrogen-bond acceptors (Lipinski definition) is 1. The first-order valence-corrected chi connectivity index (χ1v) is 3.01. The van der Waals surface area contributed by atoms with Gasteiger partial charge in [-0.3, -0.25) is 0 Å². The van der Waals surface area contributed by atoms with Crippen molar-refractivity contribution in [2.75, 3.05) is 0 Å². The minimum atomic E-state index is -2.06. The van der Waals surface area contributed by atoms with Gasteiger partial charge in [0.25, 0.3) is 0 Å². The summed E-state index contributed by atoms with van der Waals surface area (Å²) >= 11 is 0. The number of carbonyl (C=O) groups is 1. The molecule has 0 aliphatic rings. The molecule has 0 aromatic heterocycles. The van der Waals surface area contributed by atoms with Crippen LogP contribution in [0.2, 0.25) is 0 Å².